The average molecular weight is 589 g/mol. The van der Waals surface area contributed by atoms with Crippen molar-refractivity contribution in [2.45, 2.75) is 96.9 Å². The highest BCUT2D eigenvalue weighted by Crippen LogP contribution is 2.88. The van der Waals surface area contributed by atoms with Crippen LogP contribution in [0.5, 0.6) is 0 Å². The molecule has 0 spiro atoms. The third-order valence-electron chi connectivity index (χ3n) is 6.97. The summed E-state index contributed by atoms with van der Waals surface area (Å²) in [5, 5.41) is 0. The maximum Gasteiger partial charge on any atom is 0.334 e. The van der Waals surface area contributed by atoms with Gasteiger partial charge in [0.05, 0.1) is 19.8 Å². The smallest absolute Gasteiger partial charge is 0.334 e. The summed E-state index contributed by atoms with van der Waals surface area (Å²) >= 11 is 0. The van der Waals surface area contributed by atoms with Crippen LogP contribution in [0.2, 0.25) is 0 Å². The second-order valence-electron chi connectivity index (χ2n) is 10.0. The predicted octanol–water partition coefficient (Wildman–Crippen LogP) is 2.86. The molecule has 0 aromatic rings. The van der Waals surface area contributed by atoms with Crippen LogP contribution in [0.25, 0.3) is 0 Å². The van der Waals surface area contributed by atoms with Gasteiger partial charge in [0.2, 0.25) is 0 Å². The van der Waals surface area contributed by atoms with Crippen molar-refractivity contribution in [2.24, 2.45) is 17.2 Å². The number of rotatable bonds is 9. The van der Waals surface area contributed by atoms with Gasteiger partial charge in [-0.25, -0.2) is 4.39 Å². The Morgan fingerprint density at radius 3 is 0.763 bits per heavy atom. The molecule has 4 saturated carbocycles. The van der Waals surface area contributed by atoms with E-state index in [0.29, 0.717) is 0 Å². The average Bonchev–Trinajstić information content (AvgIpc) is 2.69. The van der Waals surface area contributed by atoms with Crippen LogP contribution >= 0.6 is 0 Å². The Hall–Kier alpha value is -1.15. The summed E-state index contributed by atoms with van der Waals surface area (Å²) in [7, 11) is 0. The van der Waals surface area contributed by atoms with Gasteiger partial charge in [0.25, 0.3) is 16.8 Å². The van der Waals surface area contributed by atoms with E-state index in [1.807, 2.05) is 0 Å². The van der Waals surface area contributed by atoms with Crippen molar-refractivity contribution in [3.05, 3.63) is 0 Å². The normalized spacial score (nSPS) is 43.0. The first-order valence-corrected chi connectivity index (χ1v) is 10.9. The fourth-order valence-electron chi connectivity index (χ4n) is 5.42. The zero-order chi connectivity index (χ0) is 30.0. The van der Waals surface area contributed by atoms with Crippen LogP contribution in [0, 0.1) is 0 Å². The first kappa shape index (κ1) is 31.4. The second kappa shape index (κ2) is 7.98. The molecular weight excluding hydrogens is 565 g/mol. The van der Waals surface area contributed by atoms with Gasteiger partial charge in [0.1, 0.15) is 0 Å². The number of ether oxygens (including phenoxy) is 3. The third-order valence-corrected chi connectivity index (χ3v) is 6.97. The van der Waals surface area contributed by atoms with Crippen LogP contribution in [-0.4, -0.2) is 96.0 Å². The lowest BCUT2D eigenvalue weighted by atomic mass is 9.38. The maximum atomic E-state index is 16.0. The van der Waals surface area contributed by atoms with Gasteiger partial charge in [-0.3, -0.25) is 0 Å². The molecule has 0 amide bonds. The lowest BCUT2D eigenvalue weighted by Gasteiger charge is -2.77. The number of halogens is 13. The SMILES string of the molecule is CC(N)COC12C(F)(F)C3(F)C(F)(F)C(OCC(C)N)(C1(F)F)C(F)(F)C(OCC(C)N)(C3(F)F)C2(F)F. The van der Waals surface area contributed by atoms with Crippen molar-refractivity contribution in [1.82, 2.24) is 0 Å². The summed E-state index contributed by atoms with van der Waals surface area (Å²) in [5.41, 5.74) is -11.2. The molecule has 4 rings (SSSR count). The molecule has 4 aliphatic rings. The fraction of sp³-hybridized carbons (Fsp3) is 1.00. The molecule has 3 unspecified atom stereocenters. The molecule has 0 saturated heterocycles. The molecule has 19 heteroatoms. The van der Waals surface area contributed by atoms with Gasteiger partial charge in [-0.1, -0.05) is 0 Å². The van der Waals surface area contributed by atoms with E-state index in [1.54, 1.807) is 0 Å². The van der Waals surface area contributed by atoms with Gasteiger partial charge in [0, 0.05) is 18.1 Å². The molecular formula is C19H24F13N3O3. The number of alkyl halides is 13. The summed E-state index contributed by atoms with van der Waals surface area (Å²) in [4.78, 5) is 0. The summed E-state index contributed by atoms with van der Waals surface area (Å²) in [6.45, 7) is -3.39. The van der Waals surface area contributed by atoms with Gasteiger partial charge in [-0.15, -0.1) is 0 Å². The summed E-state index contributed by atoms with van der Waals surface area (Å²) in [6, 6.07) is -5.36. The fourth-order valence-corrected chi connectivity index (χ4v) is 5.42. The first-order valence-electron chi connectivity index (χ1n) is 10.9. The summed E-state index contributed by atoms with van der Waals surface area (Å²) in [5.74, 6) is -43.0. The van der Waals surface area contributed by atoms with Crippen molar-refractivity contribution >= 4 is 0 Å². The monoisotopic (exact) mass is 589 g/mol. The van der Waals surface area contributed by atoms with Crippen LogP contribution in [0.1, 0.15) is 20.8 Å². The van der Waals surface area contributed by atoms with E-state index in [9.17, 15) is 0 Å². The summed E-state index contributed by atoms with van der Waals surface area (Å²) in [6.07, 6.45) is 0. The van der Waals surface area contributed by atoms with Crippen LogP contribution in [0.4, 0.5) is 57.1 Å². The standard InChI is InChI=1S/C19H24F13N3O3/c1-7(33)4-36-11-14(21,22)10(20)15(23,24)12(17(11,27)28,37-5-8(2)34)19(31,32)13(16(10,25)26,18(11,29)30)38-6-9(3)35/h7-9H,4-6,33-35H2,1-3H3. The minimum absolute atomic E-state index is 0.753. The molecule has 0 aromatic heterocycles. The Bertz CT molecular complexity index is 823. The molecule has 0 aromatic carbocycles. The second-order valence-corrected chi connectivity index (χ2v) is 10.0. The van der Waals surface area contributed by atoms with E-state index in [-0.39, 0.29) is 0 Å². The lowest BCUT2D eigenvalue weighted by Crippen LogP contribution is -3.12. The number of hydrogen-bond acceptors (Lipinski definition) is 6. The van der Waals surface area contributed by atoms with Crippen molar-refractivity contribution in [2.75, 3.05) is 19.8 Å². The molecule has 38 heavy (non-hydrogen) atoms. The molecule has 0 heterocycles. The quantitative estimate of drug-likeness (QED) is 0.358. The molecule has 0 radical (unpaired) electrons. The highest BCUT2D eigenvalue weighted by atomic mass is 19.3. The number of hydrogen-bond donors (Lipinski definition) is 3. The molecule has 4 bridgehead atoms. The van der Waals surface area contributed by atoms with E-state index >= 15 is 57.1 Å². The highest BCUT2D eigenvalue weighted by Gasteiger charge is 3.22. The molecule has 3 atom stereocenters. The Morgan fingerprint density at radius 2 is 0.605 bits per heavy atom. The van der Waals surface area contributed by atoms with Crippen molar-refractivity contribution in [3.8, 4) is 0 Å². The third kappa shape index (κ3) is 2.56. The Morgan fingerprint density at radius 1 is 0.421 bits per heavy atom. The van der Waals surface area contributed by atoms with Crippen LogP contribution in [0.15, 0.2) is 0 Å². The van der Waals surface area contributed by atoms with Crippen LogP contribution in [0.3, 0.4) is 0 Å². The van der Waals surface area contributed by atoms with Crippen molar-refractivity contribution < 1.29 is 71.3 Å². The number of nitrogens with two attached hydrogens (primary N) is 3. The summed E-state index contributed by atoms with van der Waals surface area (Å²) < 4.78 is 216. The molecule has 6 N–H and O–H groups in total. The highest BCUT2D eigenvalue weighted by molar-refractivity contribution is 5.55. The molecule has 4 aliphatic carbocycles. The van der Waals surface area contributed by atoms with E-state index < -0.39 is 96.0 Å². The van der Waals surface area contributed by atoms with Crippen LogP contribution in [-0.2, 0) is 14.2 Å². The van der Waals surface area contributed by atoms with Gasteiger partial charge in [0.15, 0.2) is 0 Å². The molecule has 6 nitrogen and oxygen atoms in total. The van der Waals surface area contributed by atoms with Crippen LogP contribution < -0.4 is 17.2 Å². The Kier molecular flexibility index (Phi) is 6.59. The van der Waals surface area contributed by atoms with Crippen molar-refractivity contribution in [1.29, 1.82) is 0 Å². The Labute approximate surface area is 206 Å². The largest absolute Gasteiger partial charge is 0.356 e. The van der Waals surface area contributed by atoms with Gasteiger partial charge in [-0.05, 0) is 20.8 Å². The van der Waals surface area contributed by atoms with Gasteiger partial charge < -0.3 is 31.4 Å². The van der Waals surface area contributed by atoms with E-state index in [0.717, 1.165) is 20.8 Å². The minimum Gasteiger partial charge on any atom is -0.356 e. The van der Waals surface area contributed by atoms with E-state index in [4.69, 9.17) is 17.2 Å². The van der Waals surface area contributed by atoms with Gasteiger partial charge >= 0.3 is 41.2 Å². The zero-order valence-electron chi connectivity index (χ0n) is 19.7. The van der Waals surface area contributed by atoms with E-state index in [2.05, 4.69) is 14.2 Å². The first-order chi connectivity index (χ1) is 16.7. The molecule has 4 fully saturated rings. The maximum absolute atomic E-state index is 16.0. The Balaban J connectivity index is 2.67. The zero-order valence-corrected chi connectivity index (χ0v) is 19.7. The van der Waals surface area contributed by atoms with Gasteiger partial charge in [-0.2, -0.15) is 52.7 Å². The molecule has 0 aliphatic heterocycles. The molecule has 224 valence electrons. The predicted molar refractivity (Wildman–Crippen MR) is 101 cm³/mol. The lowest BCUT2D eigenvalue weighted by molar-refractivity contribution is -0.640. The minimum atomic E-state index is -7.30. The van der Waals surface area contributed by atoms with E-state index in [1.165, 1.54) is 0 Å². The van der Waals surface area contributed by atoms with Crippen molar-refractivity contribution in [3.63, 3.8) is 0 Å². The topological polar surface area (TPSA) is 106 Å².